The van der Waals surface area contributed by atoms with E-state index in [0.29, 0.717) is 47.5 Å². The third-order valence-corrected chi connectivity index (χ3v) is 4.59. The molecule has 0 radical (unpaired) electrons. The lowest BCUT2D eigenvalue weighted by atomic mass is 10.1. The first kappa shape index (κ1) is 15.9. The van der Waals surface area contributed by atoms with Crippen molar-refractivity contribution in [1.29, 1.82) is 0 Å². The summed E-state index contributed by atoms with van der Waals surface area (Å²) in [5.74, 6) is -0.481. The van der Waals surface area contributed by atoms with Crippen molar-refractivity contribution >= 4 is 23.2 Å². The minimum Gasteiger partial charge on any atom is -0.464 e. The number of aromatic amines is 2. The first-order chi connectivity index (χ1) is 12.0. The maximum absolute atomic E-state index is 13.4. The normalized spacial score (nSPS) is 14.6. The maximum Gasteiger partial charge on any atom is 0.256 e. The maximum atomic E-state index is 13.4. The molecule has 1 aromatic carbocycles. The lowest BCUT2D eigenvalue weighted by Crippen LogP contribution is -2.36. The van der Waals surface area contributed by atoms with Gasteiger partial charge >= 0.3 is 0 Å². The molecule has 0 spiro atoms. The van der Waals surface area contributed by atoms with Gasteiger partial charge in [0.15, 0.2) is 10.2 Å². The smallest absolute Gasteiger partial charge is 0.256 e. The number of nitrogens with zero attached hydrogens (tertiary/aromatic N) is 1. The molecule has 128 valence electrons. The van der Waals surface area contributed by atoms with E-state index in [1.54, 1.807) is 0 Å². The molecule has 0 unspecified atom stereocenters. The van der Waals surface area contributed by atoms with Crippen LogP contribution in [0.25, 0.3) is 11.0 Å². The second-order valence-corrected chi connectivity index (χ2v) is 6.46. The average Bonchev–Trinajstić information content (AvgIpc) is 2.58. The Labute approximate surface area is 145 Å². The van der Waals surface area contributed by atoms with Crippen molar-refractivity contribution in [3.63, 3.8) is 0 Å². The molecule has 4 rings (SSSR count). The number of rotatable bonds is 2. The van der Waals surface area contributed by atoms with Crippen molar-refractivity contribution in [3.05, 3.63) is 72.4 Å². The zero-order valence-corrected chi connectivity index (χ0v) is 13.9. The Morgan fingerprint density at radius 2 is 2.12 bits per heavy atom. The molecule has 3 heterocycles. The fraction of sp³-hybridized carbons (Fsp3) is 0.235. The number of benzene rings is 1. The molecular formula is C17H14FN3O3S. The van der Waals surface area contributed by atoms with Crippen LogP contribution in [0.1, 0.15) is 16.8 Å². The first-order valence-electron chi connectivity index (χ1n) is 7.78. The van der Waals surface area contributed by atoms with Gasteiger partial charge in [0.05, 0.1) is 17.2 Å². The van der Waals surface area contributed by atoms with Crippen LogP contribution in [0.4, 0.5) is 4.39 Å². The zero-order chi connectivity index (χ0) is 17.6. The summed E-state index contributed by atoms with van der Waals surface area (Å²) in [4.78, 5) is 32.2. The summed E-state index contributed by atoms with van der Waals surface area (Å²) in [5.41, 5.74) is 1.77. The molecule has 0 fully saturated rings. The molecule has 0 aliphatic carbocycles. The molecule has 1 aliphatic heterocycles. The lowest BCUT2D eigenvalue weighted by Gasteiger charge is -2.27. The van der Waals surface area contributed by atoms with Gasteiger partial charge < -0.3 is 9.40 Å². The van der Waals surface area contributed by atoms with Crippen molar-refractivity contribution < 1.29 is 8.81 Å². The molecule has 3 aromatic rings. The number of nitrogens with one attached hydrogen (secondary N) is 2. The van der Waals surface area contributed by atoms with E-state index in [4.69, 9.17) is 16.6 Å². The zero-order valence-electron chi connectivity index (χ0n) is 13.1. The highest BCUT2D eigenvalue weighted by Crippen LogP contribution is 2.17. The molecule has 2 N–H and O–H groups in total. The van der Waals surface area contributed by atoms with Crippen molar-refractivity contribution in [2.75, 3.05) is 6.54 Å². The van der Waals surface area contributed by atoms with Gasteiger partial charge in [0.1, 0.15) is 11.4 Å². The monoisotopic (exact) mass is 359 g/mol. The molecule has 0 saturated carbocycles. The minimum absolute atomic E-state index is 0.212. The number of fused-ring (bicyclic) bond motifs is 2. The van der Waals surface area contributed by atoms with Gasteiger partial charge in [-0.1, -0.05) is 0 Å². The van der Waals surface area contributed by atoms with Crippen molar-refractivity contribution in [1.82, 2.24) is 14.9 Å². The van der Waals surface area contributed by atoms with E-state index in [9.17, 15) is 14.0 Å². The van der Waals surface area contributed by atoms with Crippen LogP contribution in [-0.2, 0) is 19.5 Å². The average molecular weight is 359 g/mol. The highest BCUT2D eigenvalue weighted by Gasteiger charge is 2.21. The number of halogens is 1. The van der Waals surface area contributed by atoms with E-state index in [0.717, 1.165) is 5.69 Å². The first-order valence-corrected chi connectivity index (χ1v) is 8.19. The standard InChI is InChI=1S/C17H14FN3O3S/c18-10-1-2-14-11(5-10)15(22)9(8-24-14)6-21-4-3-13-12(7-21)16(23)20-17(25)19-13/h1-2,5,8H,3-4,6-7H2,(H2,19,20,23,25). The van der Waals surface area contributed by atoms with Crippen LogP contribution in [0.3, 0.4) is 0 Å². The van der Waals surface area contributed by atoms with Crippen molar-refractivity contribution in [2.45, 2.75) is 19.5 Å². The quantitative estimate of drug-likeness (QED) is 0.686. The number of hydrogen-bond acceptors (Lipinski definition) is 5. The van der Waals surface area contributed by atoms with Crippen LogP contribution in [0.2, 0.25) is 0 Å². The van der Waals surface area contributed by atoms with Crippen LogP contribution in [0.15, 0.2) is 38.5 Å². The van der Waals surface area contributed by atoms with Gasteiger partial charge in [0.25, 0.3) is 5.56 Å². The summed E-state index contributed by atoms with van der Waals surface area (Å²) >= 11 is 4.98. The van der Waals surface area contributed by atoms with Gasteiger partial charge in [-0.25, -0.2) is 4.39 Å². The van der Waals surface area contributed by atoms with Gasteiger partial charge in [0.2, 0.25) is 0 Å². The van der Waals surface area contributed by atoms with E-state index < -0.39 is 5.82 Å². The highest BCUT2D eigenvalue weighted by atomic mass is 32.1. The van der Waals surface area contributed by atoms with Crippen molar-refractivity contribution in [3.8, 4) is 0 Å². The molecule has 2 aromatic heterocycles. The third kappa shape index (κ3) is 2.94. The van der Waals surface area contributed by atoms with E-state index >= 15 is 0 Å². The van der Waals surface area contributed by atoms with Crippen LogP contribution < -0.4 is 11.0 Å². The molecule has 0 bridgehead atoms. The second-order valence-electron chi connectivity index (χ2n) is 6.06. The summed E-state index contributed by atoms with van der Waals surface area (Å²) < 4.78 is 19.2. The molecule has 1 aliphatic rings. The fourth-order valence-electron chi connectivity index (χ4n) is 3.14. The Morgan fingerprint density at radius 1 is 1.28 bits per heavy atom. The number of hydrogen-bond donors (Lipinski definition) is 2. The lowest BCUT2D eigenvalue weighted by molar-refractivity contribution is 0.239. The number of aromatic nitrogens is 2. The Balaban J connectivity index is 1.66. The summed E-state index contributed by atoms with van der Waals surface area (Å²) in [5, 5.41) is 0.219. The van der Waals surface area contributed by atoms with Gasteiger partial charge in [-0.3, -0.25) is 19.5 Å². The van der Waals surface area contributed by atoms with Gasteiger partial charge in [-0.2, -0.15) is 0 Å². The second kappa shape index (κ2) is 6.05. The molecule has 6 nitrogen and oxygen atoms in total. The van der Waals surface area contributed by atoms with Crippen molar-refractivity contribution in [2.24, 2.45) is 0 Å². The van der Waals surface area contributed by atoms with E-state index in [1.807, 2.05) is 4.90 Å². The van der Waals surface area contributed by atoms with E-state index in [-0.39, 0.29) is 16.4 Å². The predicted molar refractivity (Wildman–Crippen MR) is 92.5 cm³/mol. The fourth-order valence-corrected chi connectivity index (χ4v) is 3.36. The van der Waals surface area contributed by atoms with E-state index in [2.05, 4.69) is 9.97 Å². The Bertz CT molecular complexity index is 1150. The summed E-state index contributed by atoms with van der Waals surface area (Å²) in [7, 11) is 0. The molecule has 8 heteroatoms. The largest absolute Gasteiger partial charge is 0.464 e. The topological polar surface area (TPSA) is 82.1 Å². The SMILES string of the molecule is O=c1[nH]c(=S)[nH]c2c1CN(Cc1coc3ccc(F)cc3c1=O)CC2. The highest BCUT2D eigenvalue weighted by molar-refractivity contribution is 7.71. The van der Waals surface area contributed by atoms with E-state index in [1.165, 1.54) is 24.5 Å². The Hall–Kier alpha value is -2.58. The number of H-pyrrole nitrogens is 2. The predicted octanol–water partition coefficient (Wildman–Crippen LogP) is 2.24. The Kier molecular flexibility index (Phi) is 3.85. The summed E-state index contributed by atoms with van der Waals surface area (Å²) in [6, 6.07) is 3.87. The van der Waals surface area contributed by atoms with Gasteiger partial charge in [-0.15, -0.1) is 0 Å². The van der Waals surface area contributed by atoms with Gasteiger partial charge in [0, 0.05) is 37.3 Å². The third-order valence-electron chi connectivity index (χ3n) is 4.39. The summed E-state index contributed by atoms with van der Waals surface area (Å²) in [6.07, 6.45) is 2.04. The molecule has 25 heavy (non-hydrogen) atoms. The minimum atomic E-state index is -0.481. The van der Waals surface area contributed by atoms with Crippen LogP contribution in [0, 0.1) is 10.6 Å². The van der Waals surface area contributed by atoms with Crippen LogP contribution >= 0.6 is 12.2 Å². The molecule has 0 amide bonds. The van der Waals surface area contributed by atoms with Gasteiger partial charge in [-0.05, 0) is 30.4 Å². The molecule has 0 saturated heterocycles. The summed E-state index contributed by atoms with van der Waals surface area (Å²) in [6.45, 7) is 1.39. The Morgan fingerprint density at radius 3 is 2.96 bits per heavy atom. The molecule has 0 atom stereocenters. The van der Waals surface area contributed by atoms with Crippen LogP contribution in [-0.4, -0.2) is 21.4 Å². The van der Waals surface area contributed by atoms with Crippen LogP contribution in [0.5, 0.6) is 0 Å². The molecular weight excluding hydrogens is 345 g/mol.